The summed E-state index contributed by atoms with van der Waals surface area (Å²) >= 11 is 6.08. The van der Waals surface area contributed by atoms with Gasteiger partial charge in [0, 0.05) is 17.0 Å². The van der Waals surface area contributed by atoms with Gasteiger partial charge < -0.3 is 10.6 Å². The molecule has 0 fully saturated rings. The summed E-state index contributed by atoms with van der Waals surface area (Å²) in [5, 5.41) is 12.9. The Balaban J connectivity index is 1.66. The lowest BCUT2D eigenvalue weighted by molar-refractivity contribution is -0.123. The van der Waals surface area contributed by atoms with Crippen molar-refractivity contribution in [2.75, 3.05) is 18.4 Å². The van der Waals surface area contributed by atoms with E-state index >= 15 is 0 Å². The number of halogens is 3. The predicted octanol–water partition coefficient (Wildman–Crippen LogP) is 3.70. The zero-order valence-corrected chi connectivity index (χ0v) is 19.3. The first-order valence-corrected chi connectivity index (χ1v) is 10.6. The summed E-state index contributed by atoms with van der Waals surface area (Å²) in [6.07, 6.45) is 0. The number of hydrogen-bond donors (Lipinski definition) is 2. The van der Waals surface area contributed by atoms with Crippen molar-refractivity contribution in [2.24, 2.45) is 5.41 Å². The topological polar surface area (TPSA) is 104 Å². The largest absolute Gasteiger partial charge is 0.309 e. The van der Waals surface area contributed by atoms with Gasteiger partial charge in [-0.25, -0.2) is 8.78 Å². The van der Waals surface area contributed by atoms with Crippen molar-refractivity contribution in [1.82, 2.24) is 20.4 Å². The molecule has 1 aromatic carbocycles. The maximum Gasteiger partial charge on any atom is 0.278 e. The smallest absolute Gasteiger partial charge is 0.278 e. The third kappa shape index (κ3) is 5.51. The minimum Gasteiger partial charge on any atom is -0.309 e. The second-order valence-corrected chi connectivity index (χ2v) is 9.24. The van der Waals surface area contributed by atoms with Crippen molar-refractivity contribution in [1.29, 1.82) is 0 Å². The molecular formula is C22H24ClF2N5O3. The van der Waals surface area contributed by atoms with Gasteiger partial charge in [-0.05, 0) is 25.1 Å². The maximum atomic E-state index is 14.7. The highest BCUT2D eigenvalue weighted by molar-refractivity contribution is 6.30. The van der Waals surface area contributed by atoms with Gasteiger partial charge in [-0.15, -0.1) is 10.2 Å². The first-order valence-electron chi connectivity index (χ1n) is 10.2. The molecule has 33 heavy (non-hydrogen) atoms. The minimum atomic E-state index is -3.40. The first kappa shape index (κ1) is 24.7. The Morgan fingerprint density at radius 3 is 2.24 bits per heavy atom. The third-order valence-corrected chi connectivity index (χ3v) is 5.39. The Hall–Kier alpha value is -2.98. The molecule has 0 radical (unpaired) electrons. The number of aromatic nitrogens is 2. The fourth-order valence-electron chi connectivity index (χ4n) is 3.14. The molecule has 0 aliphatic carbocycles. The number of amides is 3. The molecule has 1 aliphatic rings. The van der Waals surface area contributed by atoms with Crippen LogP contribution in [0.3, 0.4) is 0 Å². The van der Waals surface area contributed by atoms with Crippen molar-refractivity contribution >= 4 is 35.1 Å². The van der Waals surface area contributed by atoms with E-state index in [4.69, 9.17) is 11.6 Å². The van der Waals surface area contributed by atoms with Crippen LogP contribution in [0, 0.1) is 5.41 Å². The lowest BCUT2D eigenvalue weighted by Crippen LogP contribution is -2.46. The summed E-state index contributed by atoms with van der Waals surface area (Å²) in [5.74, 6) is -5.05. The standard InChI is InChI=1S/C22H24ClF2N5O3/c1-12(15-9-16(28-29-17(15)23)27-20(33)21(2,3)4)26-10-22(24,25)11-30-18(31)13-7-5-6-8-14(13)19(30)32/h5-9,12,26H,10-11H2,1-4H3,(H,27,28,33)/t12-/m1/s1. The second kappa shape index (κ2) is 9.11. The van der Waals surface area contributed by atoms with Gasteiger partial charge in [0.15, 0.2) is 11.0 Å². The number of imide groups is 1. The zero-order valence-electron chi connectivity index (χ0n) is 18.6. The lowest BCUT2D eigenvalue weighted by atomic mass is 9.96. The first-order chi connectivity index (χ1) is 15.3. The lowest BCUT2D eigenvalue weighted by Gasteiger charge is -2.25. The number of nitrogens with zero attached hydrogens (tertiary/aromatic N) is 3. The average Bonchev–Trinajstić information content (AvgIpc) is 2.97. The number of nitrogens with one attached hydrogen (secondary N) is 2. The van der Waals surface area contributed by atoms with Crippen LogP contribution in [0.2, 0.25) is 5.15 Å². The minimum absolute atomic E-state index is 0.00702. The van der Waals surface area contributed by atoms with Crippen LogP contribution in [0.5, 0.6) is 0 Å². The Bertz CT molecular complexity index is 1070. The number of benzene rings is 1. The predicted molar refractivity (Wildman–Crippen MR) is 118 cm³/mol. The van der Waals surface area contributed by atoms with Crippen LogP contribution >= 0.6 is 11.6 Å². The summed E-state index contributed by atoms with van der Waals surface area (Å²) in [5.41, 5.74) is -0.0945. The molecule has 0 saturated heterocycles. The number of carbonyl (C=O) groups excluding carboxylic acids is 3. The Kier molecular flexibility index (Phi) is 6.80. The van der Waals surface area contributed by atoms with E-state index in [-0.39, 0.29) is 28.0 Å². The number of hydrogen-bond acceptors (Lipinski definition) is 6. The summed E-state index contributed by atoms with van der Waals surface area (Å²) < 4.78 is 29.4. The quantitative estimate of drug-likeness (QED) is 0.587. The average molecular weight is 480 g/mol. The van der Waals surface area contributed by atoms with E-state index < -0.39 is 42.3 Å². The van der Waals surface area contributed by atoms with E-state index in [2.05, 4.69) is 20.8 Å². The molecule has 3 rings (SSSR count). The number of carbonyl (C=O) groups is 3. The van der Waals surface area contributed by atoms with E-state index in [0.717, 1.165) is 0 Å². The van der Waals surface area contributed by atoms with Crippen molar-refractivity contribution in [3.63, 3.8) is 0 Å². The molecule has 176 valence electrons. The van der Waals surface area contributed by atoms with Gasteiger partial charge in [-0.3, -0.25) is 19.3 Å². The molecule has 1 aromatic heterocycles. The molecular weight excluding hydrogens is 456 g/mol. The fourth-order valence-corrected chi connectivity index (χ4v) is 3.40. The molecule has 0 unspecified atom stereocenters. The van der Waals surface area contributed by atoms with E-state index in [1.54, 1.807) is 39.8 Å². The van der Waals surface area contributed by atoms with Crippen LogP contribution in [0.1, 0.15) is 60.0 Å². The monoisotopic (exact) mass is 479 g/mol. The van der Waals surface area contributed by atoms with Crippen LogP contribution in [0.15, 0.2) is 30.3 Å². The molecule has 0 saturated carbocycles. The van der Waals surface area contributed by atoms with E-state index in [1.807, 2.05) is 0 Å². The summed E-state index contributed by atoms with van der Waals surface area (Å²) in [7, 11) is 0. The molecule has 3 amide bonds. The highest BCUT2D eigenvalue weighted by atomic mass is 35.5. The van der Waals surface area contributed by atoms with Crippen LogP contribution in [-0.2, 0) is 4.79 Å². The highest BCUT2D eigenvalue weighted by Crippen LogP contribution is 2.28. The molecule has 8 nitrogen and oxygen atoms in total. The molecule has 0 spiro atoms. The van der Waals surface area contributed by atoms with Gasteiger partial charge in [0.1, 0.15) is 0 Å². The number of fused-ring (bicyclic) bond motifs is 1. The Morgan fingerprint density at radius 2 is 1.70 bits per heavy atom. The zero-order chi connectivity index (χ0) is 24.6. The van der Waals surface area contributed by atoms with Crippen molar-refractivity contribution in [2.45, 2.75) is 39.7 Å². The van der Waals surface area contributed by atoms with Crippen LogP contribution in [0.25, 0.3) is 0 Å². The number of rotatable bonds is 7. The highest BCUT2D eigenvalue weighted by Gasteiger charge is 2.42. The molecule has 2 heterocycles. The van der Waals surface area contributed by atoms with E-state index in [0.29, 0.717) is 10.5 Å². The molecule has 1 aliphatic heterocycles. The third-order valence-electron chi connectivity index (χ3n) is 5.10. The van der Waals surface area contributed by atoms with Gasteiger partial charge in [0.05, 0.1) is 24.2 Å². The van der Waals surface area contributed by atoms with Crippen LogP contribution in [0.4, 0.5) is 14.6 Å². The fraction of sp³-hybridized carbons (Fsp3) is 0.409. The van der Waals surface area contributed by atoms with Crippen LogP contribution < -0.4 is 10.6 Å². The molecule has 2 aromatic rings. The van der Waals surface area contributed by atoms with Crippen LogP contribution in [-0.4, -0.2) is 51.8 Å². The van der Waals surface area contributed by atoms with Crippen molar-refractivity contribution in [3.05, 3.63) is 52.2 Å². The van der Waals surface area contributed by atoms with Crippen molar-refractivity contribution < 1.29 is 23.2 Å². The van der Waals surface area contributed by atoms with Gasteiger partial charge in [0.25, 0.3) is 17.7 Å². The number of alkyl halides is 2. The summed E-state index contributed by atoms with van der Waals surface area (Å²) in [6.45, 7) is 4.89. The Labute approximate surface area is 194 Å². The molecule has 0 bridgehead atoms. The Morgan fingerprint density at radius 1 is 1.12 bits per heavy atom. The van der Waals surface area contributed by atoms with Gasteiger partial charge >= 0.3 is 0 Å². The number of anilines is 1. The van der Waals surface area contributed by atoms with Gasteiger partial charge in [0.2, 0.25) is 5.91 Å². The summed E-state index contributed by atoms with van der Waals surface area (Å²) in [6, 6.07) is 6.77. The maximum absolute atomic E-state index is 14.7. The second-order valence-electron chi connectivity index (χ2n) is 8.88. The molecule has 2 N–H and O–H groups in total. The van der Waals surface area contributed by atoms with E-state index in [9.17, 15) is 23.2 Å². The van der Waals surface area contributed by atoms with Gasteiger partial charge in [-0.1, -0.05) is 44.5 Å². The van der Waals surface area contributed by atoms with Gasteiger partial charge in [-0.2, -0.15) is 0 Å². The SMILES string of the molecule is C[C@@H](NCC(F)(F)CN1C(=O)c2ccccc2C1=O)c1cc(NC(=O)C(C)(C)C)nnc1Cl. The van der Waals surface area contributed by atoms with Crippen molar-refractivity contribution in [3.8, 4) is 0 Å². The van der Waals surface area contributed by atoms with E-state index in [1.165, 1.54) is 18.2 Å². The molecule has 1 atom stereocenters. The normalized spacial score (nSPS) is 14.9. The summed E-state index contributed by atoms with van der Waals surface area (Å²) in [4.78, 5) is 37.5. The molecule has 11 heteroatoms.